The first-order chi connectivity index (χ1) is 11.0. The number of alkyl carbamates (subject to hydrolysis) is 1. The number of hydrogen-bond donors (Lipinski definition) is 2. The van der Waals surface area contributed by atoms with Crippen LogP contribution in [0.25, 0.3) is 0 Å². The molecule has 0 aliphatic carbocycles. The topological polar surface area (TPSA) is 82.1 Å². The Bertz CT molecular complexity index is 368. The van der Waals surface area contributed by atoms with Gasteiger partial charge in [0.25, 0.3) is 0 Å². The zero-order valence-electron chi connectivity index (χ0n) is 14.6. The predicted octanol–water partition coefficient (Wildman–Crippen LogP) is 0.816. The molecule has 0 aromatic rings. The summed E-state index contributed by atoms with van der Waals surface area (Å²) in [5, 5.41) is 11.9. The van der Waals surface area contributed by atoms with Crippen molar-refractivity contribution in [3.05, 3.63) is 0 Å². The van der Waals surface area contributed by atoms with Gasteiger partial charge in [-0.25, -0.2) is 4.79 Å². The number of aliphatic hydroxyl groups excluding tert-OH is 1. The first-order valence-electron chi connectivity index (χ1n) is 8.46. The smallest absolute Gasteiger partial charge is 0.407 e. The fraction of sp³-hybridized carbons (Fsp3) is 0.875. The number of piperidine rings is 1. The number of nitrogens with one attached hydrogen (secondary N) is 1. The molecule has 1 atom stereocenters. The number of unbranched alkanes of at least 4 members (excludes halogenated alkanes) is 1. The fourth-order valence-electron chi connectivity index (χ4n) is 2.65. The summed E-state index contributed by atoms with van der Waals surface area (Å²) in [6.45, 7) is 3.53. The Morgan fingerprint density at radius 1 is 1.35 bits per heavy atom. The van der Waals surface area contributed by atoms with Gasteiger partial charge in [0.15, 0.2) is 0 Å². The average molecular weight is 329 g/mol. The molecule has 23 heavy (non-hydrogen) atoms. The maximum absolute atomic E-state index is 12.3. The molecule has 1 aliphatic heterocycles. The van der Waals surface area contributed by atoms with Crippen LogP contribution in [0.5, 0.6) is 0 Å². The number of carbonyl (C=O) groups is 2. The third kappa shape index (κ3) is 7.18. The van der Waals surface area contributed by atoms with Gasteiger partial charge in [-0.3, -0.25) is 4.79 Å². The van der Waals surface area contributed by atoms with Crippen LogP contribution in [-0.4, -0.2) is 79.4 Å². The van der Waals surface area contributed by atoms with Crippen molar-refractivity contribution in [1.82, 2.24) is 15.1 Å². The standard InChI is InChI=1S/C16H31N3O4/c1-4-5-10-23-16(22)17-13(12-20)11-15(21)19-8-6-14(7-9-19)18(2)3/h13-14,20H,4-12H2,1-3H3,(H,17,22)/t13-/m1/s1. The number of aliphatic hydroxyl groups is 1. The minimum absolute atomic E-state index is 0.0323. The summed E-state index contributed by atoms with van der Waals surface area (Å²) in [7, 11) is 4.11. The van der Waals surface area contributed by atoms with Crippen molar-refractivity contribution >= 4 is 12.0 Å². The molecule has 1 heterocycles. The molecule has 1 rings (SSSR count). The van der Waals surface area contributed by atoms with Gasteiger partial charge in [-0.05, 0) is 33.4 Å². The van der Waals surface area contributed by atoms with Crippen LogP contribution >= 0.6 is 0 Å². The lowest BCUT2D eigenvalue weighted by Crippen LogP contribution is -2.47. The summed E-state index contributed by atoms with van der Waals surface area (Å²) in [6.07, 6.45) is 3.18. The van der Waals surface area contributed by atoms with Crippen molar-refractivity contribution in [2.75, 3.05) is 40.4 Å². The van der Waals surface area contributed by atoms with Crippen molar-refractivity contribution in [2.45, 2.75) is 51.1 Å². The minimum atomic E-state index is -0.594. The summed E-state index contributed by atoms with van der Waals surface area (Å²) < 4.78 is 4.99. The molecule has 0 aromatic carbocycles. The summed E-state index contributed by atoms with van der Waals surface area (Å²) in [4.78, 5) is 27.9. The number of hydrogen-bond acceptors (Lipinski definition) is 5. The van der Waals surface area contributed by atoms with Crippen LogP contribution in [0.2, 0.25) is 0 Å². The molecule has 0 unspecified atom stereocenters. The molecule has 7 nitrogen and oxygen atoms in total. The largest absolute Gasteiger partial charge is 0.450 e. The maximum Gasteiger partial charge on any atom is 0.407 e. The first-order valence-corrected chi connectivity index (χ1v) is 8.46. The zero-order chi connectivity index (χ0) is 17.2. The highest BCUT2D eigenvalue weighted by molar-refractivity contribution is 5.78. The van der Waals surface area contributed by atoms with Gasteiger partial charge in [-0.2, -0.15) is 0 Å². The van der Waals surface area contributed by atoms with E-state index in [1.54, 1.807) is 0 Å². The lowest BCUT2D eigenvalue weighted by atomic mass is 10.0. The molecular formula is C16H31N3O4. The van der Waals surface area contributed by atoms with E-state index in [4.69, 9.17) is 4.74 Å². The second kappa shape index (κ2) is 10.4. The predicted molar refractivity (Wildman–Crippen MR) is 88.2 cm³/mol. The van der Waals surface area contributed by atoms with Crippen molar-refractivity contribution in [1.29, 1.82) is 0 Å². The van der Waals surface area contributed by atoms with Crippen LogP contribution in [0.1, 0.15) is 39.0 Å². The molecule has 2 amide bonds. The van der Waals surface area contributed by atoms with Crippen molar-refractivity contribution < 1.29 is 19.4 Å². The van der Waals surface area contributed by atoms with Gasteiger partial charge < -0.3 is 25.0 Å². The Hall–Kier alpha value is -1.34. The number of ether oxygens (including phenoxy) is 1. The molecule has 0 spiro atoms. The van der Waals surface area contributed by atoms with Crippen LogP contribution < -0.4 is 5.32 Å². The molecule has 1 saturated heterocycles. The summed E-state index contributed by atoms with van der Waals surface area (Å²) in [6, 6.07) is -0.0810. The molecule has 0 radical (unpaired) electrons. The van der Waals surface area contributed by atoms with E-state index < -0.39 is 12.1 Å². The molecule has 7 heteroatoms. The van der Waals surface area contributed by atoms with Gasteiger partial charge in [-0.15, -0.1) is 0 Å². The second-order valence-corrected chi connectivity index (χ2v) is 6.29. The van der Waals surface area contributed by atoms with Crippen LogP contribution in [0, 0.1) is 0 Å². The lowest BCUT2D eigenvalue weighted by molar-refractivity contribution is -0.133. The van der Waals surface area contributed by atoms with E-state index in [1.807, 2.05) is 11.8 Å². The molecule has 1 fully saturated rings. The fourth-order valence-corrected chi connectivity index (χ4v) is 2.65. The van der Waals surface area contributed by atoms with Crippen LogP contribution in [-0.2, 0) is 9.53 Å². The summed E-state index contributed by atoms with van der Waals surface area (Å²) in [5.74, 6) is -0.0323. The summed E-state index contributed by atoms with van der Waals surface area (Å²) >= 11 is 0. The van der Waals surface area contributed by atoms with Gasteiger partial charge in [-0.1, -0.05) is 13.3 Å². The number of nitrogens with zero attached hydrogens (tertiary/aromatic N) is 2. The normalized spacial score (nSPS) is 17.2. The second-order valence-electron chi connectivity index (χ2n) is 6.29. The van der Waals surface area contributed by atoms with Crippen molar-refractivity contribution in [3.63, 3.8) is 0 Å². The first kappa shape index (κ1) is 19.7. The molecule has 0 saturated carbocycles. The Kier molecular flexibility index (Phi) is 8.94. The van der Waals surface area contributed by atoms with Gasteiger partial charge in [0.2, 0.25) is 5.91 Å². The Morgan fingerprint density at radius 2 is 2.00 bits per heavy atom. The lowest BCUT2D eigenvalue weighted by Gasteiger charge is -2.35. The van der Waals surface area contributed by atoms with Crippen LogP contribution in [0.15, 0.2) is 0 Å². The highest BCUT2D eigenvalue weighted by Crippen LogP contribution is 2.15. The molecule has 134 valence electrons. The van der Waals surface area contributed by atoms with Crippen molar-refractivity contribution in [3.8, 4) is 0 Å². The molecular weight excluding hydrogens is 298 g/mol. The van der Waals surface area contributed by atoms with Gasteiger partial charge in [0, 0.05) is 25.6 Å². The number of amides is 2. The number of rotatable bonds is 8. The van der Waals surface area contributed by atoms with Gasteiger partial charge in [0.05, 0.1) is 19.3 Å². The highest BCUT2D eigenvalue weighted by atomic mass is 16.5. The monoisotopic (exact) mass is 329 g/mol. The number of carbonyl (C=O) groups excluding carboxylic acids is 2. The third-order valence-corrected chi connectivity index (χ3v) is 4.24. The Balaban J connectivity index is 2.34. The highest BCUT2D eigenvalue weighted by Gasteiger charge is 2.26. The Labute approximate surface area is 139 Å². The van der Waals surface area contributed by atoms with E-state index in [1.165, 1.54) is 0 Å². The van der Waals surface area contributed by atoms with E-state index in [0.29, 0.717) is 12.6 Å². The van der Waals surface area contributed by atoms with Crippen LogP contribution in [0.4, 0.5) is 4.79 Å². The van der Waals surface area contributed by atoms with E-state index in [9.17, 15) is 14.7 Å². The van der Waals surface area contributed by atoms with E-state index in [-0.39, 0.29) is 18.9 Å². The molecule has 1 aliphatic rings. The molecule has 0 aromatic heterocycles. The van der Waals surface area contributed by atoms with Gasteiger partial charge >= 0.3 is 6.09 Å². The van der Waals surface area contributed by atoms with Crippen molar-refractivity contribution in [2.24, 2.45) is 0 Å². The zero-order valence-corrected chi connectivity index (χ0v) is 14.6. The van der Waals surface area contributed by atoms with E-state index >= 15 is 0 Å². The summed E-state index contributed by atoms with van der Waals surface area (Å²) in [5.41, 5.74) is 0. The maximum atomic E-state index is 12.3. The minimum Gasteiger partial charge on any atom is -0.450 e. The quantitative estimate of drug-likeness (QED) is 0.644. The molecule has 2 N–H and O–H groups in total. The van der Waals surface area contributed by atoms with Crippen LogP contribution in [0.3, 0.4) is 0 Å². The van der Waals surface area contributed by atoms with Gasteiger partial charge in [0.1, 0.15) is 0 Å². The average Bonchev–Trinajstić information content (AvgIpc) is 2.54. The molecule has 0 bridgehead atoms. The third-order valence-electron chi connectivity index (χ3n) is 4.24. The SMILES string of the molecule is CCCCOC(=O)N[C@@H](CO)CC(=O)N1CCC(N(C)C)CC1. The number of likely N-dealkylation sites (tertiary alicyclic amines) is 1. The van der Waals surface area contributed by atoms with E-state index in [0.717, 1.165) is 38.8 Å². The Morgan fingerprint density at radius 3 is 2.52 bits per heavy atom. The van der Waals surface area contributed by atoms with E-state index in [2.05, 4.69) is 24.3 Å².